The van der Waals surface area contributed by atoms with Crippen LogP contribution in [-0.2, 0) is 26.2 Å². The first-order chi connectivity index (χ1) is 14.1. The second-order valence-corrected chi connectivity index (χ2v) is 8.71. The van der Waals surface area contributed by atoms with Crippen molar-refractivity contribution in [2.75, 3.05) is 27.2 Å². The van der Waals surface area contributed by atoms with Crippen molar-refractivity contribution in [3.63, 3.8) is 0 Å². The van der Waals surface area contributed by atoms with Gasteiger partial charge in [-0.3, -0.25) is 9.59 Å². The Kier molecular flexibility index (Phi) is 7.96. The molecule has 9 heteroatoms. The molecule has 0 unspecified atom stereocenters. The summed E-state index contributed by atoms with van der Waals surface area (Å²) in [4.78, 5) is 25.8. The smallest absolute Gasteiger partial charge is 0.242 e. The summed E-state index contributed by atoms with van der Waals surface area (Å²) in [6, 6.07) is 12.1. The van der Waals surface area contributed by atoms with Crippen molar-refractivity contribution in [2.24, 2.45) is 0 Å². The summed E-state index contributed by atoms with van der Waals surface area (Å²) in [6.07, 6.45) is 0. The molecule has 2 amide bonds. The first-order valence-corrected chi connectivity index (χ1v) is 10.8. The van der Waals surface area contributed by atoms with E-state index in [-0.39, 0.29) is 17.3 Å². The Bertz CT molecular complexity index is 1000. The van der Waals surface area contributed by atoms with Crippen LogP contribution in [0.1, 0.15) is 16.7 Å². The second-order valence-electron chi connectivity index (χ2n) is 6.95. The lowest BCUT2D eigenvalue weighted by molar-refractivity contribution is -0.132. The predicted molar refractivity (Wildman–Crippen MR) is 114 cm³/mol. The zero-order valence-electron chi connectivity index (χ0n) is 17.6. The Labute approximate surface area is 177 Å². The first-order valence-electron chi connectivity index (χ1n) is 9.33. The summed E-state index contributed by atoms with van der Waals surface area (Å²) >= 11 is 0. The minimum Gasteiger partial charge on any atom is -0.497 e. The van der Waals surface area contributed by atoms with Gasteiger partial charge in [0.05, 0.1) is 25.1 Å². The van der Waals surface area contributed by atoms with Gasteiger partial charge in [0, 0.05) is 13.6 Å². The molecule has 2 rings (SSSR count). The average Bonchev–Trinajstić information content (AvgIpc) is 2.72. The molecule has 8 nitrogen and oxygen atoms in total. The Balaban J connectivity index is 1.81. The molecule has 0 saturated heterocycles. The van der Waals surface area contributed by atoms with Gasteiger partial charge in [0.15, 0.2) is 0 Å². The number of carbonyl (C=O) groups is 2. The minimum atomic E-state index is -3.81. The van der Waals surface area contributed by atoms with Crippen molar-refractivity contribution in [1.82, 2.24) is 14.9 Å². The van der Waals surface area contributed by atoms with Gasteiger partial charge in [0.1, 0.15) is 5.75 Å². The van der Waals surface area contributed by atoms with Crippen molar-refractivity contribution in [3.05, 3.63) is 59.2 Å². The molecule has 0 bridgehead atoms. The molecule has 2 N–H and O–H groups in total. The molecule has 30 heavy (non-hydrogen) atoms. The van der Waals surface area contributed by atoms with Gasteiger partial charge in [-0.15, -0.1) is 0 Å². The summed E-state index contributed by atoms with van der Waals surface area (Å²) in [5.74, 6) is -0.159. The van der Waals surface area contributed by atoms with E-state index < -0.39 is 22.5 Å². The third-order valence-corrected chi connectivity index (χ3v) is 6.05. The lowest BCUT2D eigenvalue weighted by atomic mass is 10.1. The molecule has 0 aromatic heterocycles. The molecular weight excluding hydrogens is 406 g/mol. The Morgan fingerprint density at radius 3 is 2.27 bits per heavy atom. The highest BCUT2D eigenvalue weighted by molar-refractivity contribution is 7.89. The number of aryl methyl sites for hydroxylation is 2. The van der Waals surface area contributed by atoms with Gasteiger partial charge >= 0.3 is 0 Å². The summed E-state index contributed by atoms with van der Waals surface area (Å²) in [7, 11) is -0.608. The SMILES string of the molecule is COc1ccc(CN(C)C(=O)CNC(=O)CNS(=O)(=O)c2ccc(C)c(C)c2)cc1. The topological polar surface area (TPSA) is 105 Å². The fraction of sp³-hybridized carbons (Fsp3) is 0.333. The van der Waals surface area contributed by atoms with Crippen molar-refractivity contribution >= 4 is 21.8 Å². The van der Waals surface area contributed by atoms with E-state index >= 15 is 0 Å². The van der Waals surface area contributed by atoms with Crippen LogP contribution in [0.3, 0.4) is 0 Å². The normalized spacial score (nSPS) is 11.1. The number of ether oxygens (including phenoxy) is 1. The number of hydrogen-bond acceptors (Lipinski definition) is 5. The number of sulfonamides is 1. The summed E-state index contributed by atoms with van der Waals surface area (Å²) in [6.45, 7) is 3.39. The van der Waals surface area contributed by atoms with Crippen LogP contribution in [0, 0.1) is 13.8 Å². The molecule has 0 radical (unpaired) electrons. The van der Waals surface area contributed by atoms with E-state index in [1.165, 1.54) is 11.0 Å². The zero-order chi connectivity index (χ0) is 22.3. The number of nitrogens with one attached hydrogen (secondary N) is 2. The van der Waals surface area contributed by atoms with Gasteiger partial charge in [0.25, 0.3) is 0 Å². The number of amides is 2. The van der Waals surface area contributed by atoms with Crippen LogP contribution in [0.15, 0.2) is 47.4 Å². The molecule has 0 atom stereocenters. The minimum absolute atomic E-state index is 0.0914. The van der Waals surface area contributed by atoms with Gasteiger partial charge in [0.2, 0.25) is 21.8 Å². The molecule has 0 saturated carbocycles. The number of nitrogens with zero attached hydrogens (tertiary/aromatic N) is 1. The molecule has 0 heterocycles. The second kappa shape index (κ2) is 10.2. The Morgan fingerprint density at radius 2 is 1.67 bits per heavy atom. The molecule has 0 aliphatic heterocycles. The highest BCUT2D eigenvalue weighted by Gasteiger charge is 2.17. The van der Waals surface area contributed by atoms with Gasteiger partial charge in [-0.2, -0.15) is 0 Å². The van der Waals surface area contributed by atoms with Crippen LogP contribution in [0.5, 0.6) is 5.75 Å². The number of likely N-dealkylation sites (N-methyl/N-ethyl adjacent to an activating group) is 1. The summed E-state index contributed by atoms with van der Waals surface area (Å²) < 4.78 is 32.0. The molecule has 0 aliphatic carbocycles. The van der Waals surface area contributed by atoms with Gasteiger partial charge in [-0.1, -0.05) is 18.2 Å². The van der Waals surface area contributed by atoms with E-state index in [0.29, 0.717) is 6.54 Å². The molecule has 162 valence electrons. The van der Waals surface area contributed by atoms with E-state index in [0.717, 1.165) is 22.4 Å². The molecular formula is C21H27N3O5S. The maximum Gasteiger partial charge on any atom is 0.242 e. The van der Waals surface area contributed by atoms with E-state index in [9.17, 15) is 18.0 Å². The van der Waals surface area contributed by atoms with Crippen molar-refractivity contribution in [3.8, 4) is 5.75 Å². The quantitative estimate of drug-likeness (QED) is 0.621. The van der Waals surface area contributed by atoms with Crippen molar-refractivity contribution < 1.29 is 22.7 Å². The summed E-state index contributed by atoms with van der Waals surface area (Å²) in [5, 5.41) is 2.43. The largest absolute Gasteiger partial charge is 0.497 e. The standard InChI is InChI=1S/C21H27N3O5S/c1-15-5-10-19(11-16(15)2)30(27,28)23-12-20(25)22-13-21(26)24(3)14-17-6-8-18(29-4)9-7-17/h5-11,23H,12-14H2,1-4H3,(H,22,25). The number of rotatable bonds is 9. The van der Waals surface area contributed by atoms with Crippen LogP contribution >= 0.6 is 0 Å². The maximum atomic E-state index is 12.3. The fourth-order valence-electron chi connectivity index (χ4n) is 2.59. The number of benzene rings is 2. The van der Waals surface area contributed by atoms with Crippen LogP contribution < -0.4 is 14.8 Å². The first kappa shape index (κ1) is 23.4. The van der Waals surface area contributed by atoms with E-state index in [1.807, 2.05) is 26.0 Å². The van der Waals surface area contributed by atoms with Crippen LogP contribution in [-0.4, -0.2) is 52.4 Å². The lowest BCUT2D eigenvalue weighted by Crippen LogP contribution is -2.42. The predicted octanol–water partition coefficient (Wildman–Crippen LogP) is 1.37. The number of hydrogen-bond donors (Lipinski definition) is 2. The summed E-state index contributed by atoms with van der Waals surface area (Å²) in [5.41, 5.74) is 2.73. The fourth-order valence-corrected chi connectivity index (χ4v) is 3.66. The highest BCUT2D eigenvalue weighted by Crippen LogP contribution is 2.14. The van der Waals surface area contributed by atoms with Gasteiger partial charge in [-0.25, -0.2) is 13.1 Å². The van der Waals surface area contributed by atoms with E-state index in [1.54, 1.807) is 38.4 Å². The molecule has 0 spiro atoms. The number of carbonyl (C=O) groups excluding carboxylic acids is 2. The third-order valence-electron chi connectivity index (χ3n) is 4.65. The van der Waals surface area contributed by atoms with Crippen LogP contribution in [0.4, 0.5) is 0 Å². The Morgan fingerprint density at radius 1 is 1.00 bits per heavy atom. The van der Waals surface area contributed by atoms with Crippen LogP contribution in [0.2, 0.25) is 0 Å². The van der Waals surface area contributed by atoms with E-state index in [2.05, 4.69) is 10.0 Å². The van der Waals surface area contributed by atoms with Crippen LogP contribution in [0.25, 0.3) is 0 Å². The maximum absolute atomic E-state index is 12.3. The molecule has 0 fully saturated rings. The zero-order valence-corrected chi connectivity index (χ0v) is 18.4. The molecule has 2 aromatic carbocycles. The Hall–Kier alpha value is -2.91. The van der Waals surface area contributed by atoms with Crippen molar-refractivity contribution in [1.29, 1.82) is 0 Å². The molecule has 2 aromatic rings. The van der Waals surface area contributed by atoms with Gasteiger partial charge in [-0.05, 0) is 54.8 Å². The average molecular weight is 434 g/mol. The number of methoxy groups -OCH3 is 1. The molecule has 0 aliphatic rings. The van der Waals surface area contributed by atoms with Gasteiger partial charge < -0.3 is 15.0 Å². The highest BCUT2D eigenvalue weighted by atomic mass is 32.2. The third kappa shape index (κ3) is 6.57. The monoisotopic (exact) mass is 433 g/mol. The lowest BCUT2D eigenvalue weighted by Gasteiger charge is -2.18. The van der Waals surface area contributed by atoms with E-state index in [4.69, 9.17) is 4.74 Å². The van der Waals surface area contributed by atoms with Crippen molar-refractivity contribution in [2.45, 2.75) is 25.3 Å².